The van der Waals surface area contributed by atoms with E-state index in [2.05, 4.69) is 10.6 Å². The molecule has 4 N–H and O–H groups in total. The van der Waals surface area contributed by atoms with Crippen LogP contribution in [0.2, 0.25) is 0 Å². The molecule has 6 heteroatoms. The summed E-state index contributed by atoms with van der Waals surface area (Å²) < 4.78 is 0. The highest BCUT2D eigenvalue weighted by molar-refractivity contribution is 6.08. The second-order valence-corrected chi connectivity index (χ2v) is 14.8. The normalized spacial score (nSPS) is 15.4. The molecule has 0 aliphatic heterocycles. The predicted octanol–water partition coefficient (Wildman–Crippen LogP) is 6.48. The molecule has 1 fully saturated rings. The quantitative estimate of drug-likeness (QED) is 0.103. The average molecular weight is 661 g/mol. The molecule has 49 heavy (non-hydrogen) atoms. The molecule has 0 bridgehead atoms. The first-order chi connectivity index (χ1) is 23.4. The van der Waals surface area contributed by atoms with E-state index in [4.69, 9.17) is 0 Å². The largest absolute Gasteiger partial charge is 0.387 e. The number of hydrogen-bond acceptors (Lipinski definition) is 4. The van der Waals surface area contributed by atoms with Gasteiger partial charge in [0.2, 0.25) is 11.8 Å². The third-order valence-electron chi connectivity index (χ3n) is 10.1. The summed E-state index contributed by atoms with van der Waals surface area (Å²) in [5.74, 6) is -0.989. The zero-order valence-electron chi connectivity index (χ0n) is 29.3. The van der Waals surface area contributed by atoms with Gasteiger partial charge >= 0.3 is 0 Å². The van der Waals surface area contributed by atoms with Crippen LogP contribution in [-0.4, -0.2) is 45.3 Å². The number of hydrogen-bond donors (Lipinski definition) is 4. The Kier molecular flexibility index (Phi) is 11.4. The smallest absolute Gasteiger partial charge is 0.236 e. The van der Waals surface area contributed by atoms with Crippen molar-refractivity contribution in [3.8, 4) is 0 Å². The van der Waals surface area contributed by atoms with E-state index in [9.17, 15) is 19.8 Å². The SMILES string of the molecule is CC(C)[C@@H](NC(=O)C1(C(=O)N[C@H](C(C)C)C(O)(Cc2ccccc2)Cc2ccccc2)CC1)C(O)(Cc1ccccc1)Cc1ccccc1. The van der Waals surface area contributed by atoms with Crippen LogP contribution in [0.15, 0.2) is 121 Å². The Morgan fingerprint density at radius 1 is 0.531 bits per heavy atom. The summed E-state index contributed by atoms with van der Waals surface area (Å²) in [6, 6.07) is 38.1. The molecule has 4 aromatic carbocycles. The summed E-state index contributed by atoms with van der Waals surface area (Å²) in [5, 5.41) is 31.3. The van der Waals surface area contributed by atoms with E-state index in [0.29, 0.717) is 38.5 Å². The van der Waals surface area contributed by atoms with Crippen LogP contribution in [0.4, 0.5) is 0 Å². The second-order valence-electron chi connectivity index (χ2n) is 14.8. The summed E-state index contributed by atoms with van der Waals surface area (Å²) in [7, 11) is 0. The van der Waals surface area contributed by atoms with Crippen LogP contribution >= 0.6 is 0 Å². The number of benzene rings is 4. The van der Waals surface area contributed by atoms with Crippen LogP contribution < -0.4 is 10.6 Å². The van der Waals surface area contributed by atoms with Gasteiger partial charge in [-0.3, -0.25) is 9.59 Å². The first-order valence-electron chi connectivity index (χ1n) is 17.7. The van der Waals surface area contributed by atoms with Gasteiger partial charge in [-0.25, -0.2) is 0 Å². The number of carbonyl (C=O) groups excluding carboxylic acids is 2. The van der Waals surface area contributed by atoms with Crippen LogP contribution in [0.5, 0.6) is 0 Å². The van der Waals surface area contributed by atoms with Crippen molar-refractivity contribution in [1.82, 2.24) is 10.6 Å². The van der Waals surface area contributed by atoms with Gasteiger partial charge in [-0.1, -0.05) is 149 Å². The van der Waals surface area contributed by atoms with Gasteiger partial charge in [-0.05, 0) is 46.9 Å². The molecule has 2 amide bonds. The van der Waals surface area contributed by atoms with Crippen molar-refractivity contribution >= 4 is 11.8 Å². The van der Waals surface area contributed by atoms with E-state index in [-0.39, 0.29) is 23.7 Å². The first-order valence-corrected chi connectivity index (χ1v) is 17.7. The fourth-order valence-electron chi connectivity index (χ4n) is 7.45. The zero-order chi connectivity index (χ0) is 35.1. The van der Waals surface area contributed by atoms with E-state index in [1.165, 1.54) is 0 Å². The molecule has 1 saturated carbocycles. The number of rotatable bonds is 16. The lowest BCUT2D eigenvalue weighted by Gasteiger charge is -2.41. The molecule has 0 radical (unpaired) electrons. The molecule has 0 saturated heterocycles. The van der Waals surface area contributed by atoms with Gasteiger partial charge in [-0.2, -0.15) is 0 Å². The van der Waals surface area contributed by atoms with Gasteiger partial charge in [0.05, 0.1) is 23.3 Å². The fourth-order valence-corrected chi connectivity index (χ4v) is 7.45. The highest BCUT2D eigenvalue weighted by Crippen LogP contribution is 2.47. The van der Waals surface area contributed by atoms with Gasteiger partial charge in [0.1, 0.15) is 5.41 Å². The number of carbonyl (C=O) groups is 2. The first kappa shape index (κ1) is 36.0. The van der Waals surface area contributed by atoms with Crippen LogP contribution in [0.3, 0.4) is 0 Å². The summed E-state index contributed by atoms with van der Waals surface area (Å²) >= 11 is 0. The van der Waals surface area contributed by atoms with Crippen molar-refractivity contribution < 1.29 is 19.8 Å². The second kappa shape index (κ2) is 15.5. The summed E-state index contributed by atoms with van der Waals surface area (Å²) in [5.41, 5.74) is -0.0188. The maximum atomic E-state index is 14.3. The maximum Gasteiger partial charge on any atom is 0.236 e. The maximum absolute atomic E-state index is 14.3. The monoisotopic (exact) mass is 660 g/mol. The van der Waals surface area contributed by atoms with Gasteiger partial charge in [0.25, 0.3) is 0 Å². The molecule has 258 valence electrons. The topological polar surface area (TPSA) is 98.7 Å². The molecule has 4 aromatic rings. The molecule has 1 aliphatic rings. The lowest BCUT2D eigenvalue weighted by molar-refractivity contribution is -0.141. The number of amides is 2. The molecular weight excluding hydrogens is 608 g/mol. The minimum Gasteiger partial charge on any atom is -0.387 e. The Bertz CT molecular complexity index is 1430. The van der Waals surface area contributed by atoms with Crippen LogP contribution in [-0.2, 0) is 35.3 Å². The Morgan fingerprint density at radius 2 is 0.776 bits per heavy atom. The Balaban J connectivity index is 1.40. The molecule has 6 nitrogen and oxygen atoms in total. The highest BCUT2D eigenvalue weighted by atomic mass is 16.3. The molecule has 0 unspecified atom stereocenters. The third kappa shape index (κ3) is 8.86. The van der Waals surface area contributed by atoms with Crippen LogP contribution in [0.25, 0.3) is 0 Å². The molecule has 1 aliphatic carbocycles. The van der Waals surface area contributed by atoms with Gasteiger partial charge in [0.15, 0.2) is 0 Å². The third-order valence-corrected chi connectivity index (χ3v) is 10.1. The van der Waals surface area contributed by atoms with Crippen LogP contribution in [0, 0.1) is 17.3 Å². The summed E-state index contributed by atoms with van der Waals surface area (Å²) in [6.07, 6.45) is 2.18. The van der Waals surface area contributed by atoms with Crippen molar-refractivity contribution in [2.45, 2.75) is 89.5 Å². The van der Waals surface area contributed by atoms with E-state index < -0.39 is 28.7 Å². The van der Waals surface area contributed by atoms with E-state index in [1.807, 2.05) is 149 Å². The molecule has 0 spiro atoms. The summed E-state index contributed by atoms with van der Waals surface area (Å²) in [6.45, 7) is 7.97. The average Bonchev–Trinajstić information content (AvgIpc) is 3.90. The van der Waals surface area contributed by atoms with E-state index in [0.717, 1.165) is 22.3 Å². The lowest BCUT2D eigenvalue weighted by atomic mass is 9.76. The summed E-state index contributed by atoms with van der Waals surface area (Å²) in [4.78, 5) is 28.5. The van der Waals surface area contributed by atoms with E-state index in [1.54, 1.807) is 0 Å². The molecule has 5 rings (SSSR count). The molecule has 0 heterocycles. The number of aliphatic hydroxyl groups is 2. The van der Waals surface area contributed by atoms with Crippen molar-refractivity contribution in [3.63, 3.8) is 0 Å². The van der Waals surface area contributed by atoms with Gasteiger partial charge in [-0.15, -0.1) is 0 Å². The molecule has 0 aromatic heterocycles. The van der Waals surface area contributed by atoms with E-state index >= 15 is 0 Å². The fraction of sp³-hybridized carbons (Fsp3) is 0.395. The number of nitrogens with one attached hydrogen (secondary N) is 2. The highest BCUT2D eigenvalue weighted by Gasteiger charge is 2.59. The van der Waals surface area contributed by atoms with Gasteiger partial charge < -0.3 is 20.8 Å². The van der Waals surface area contributed by atoms with Gasteiger partial charge in [0, 0.05) is 25.7 Å². The van der Waals surface area contributed by atoms with Crippen molar-refractivity contribution in [2.24, 2.45) is 17.3 Å². The lowest BCUT2D eigenvalue weighted by Crippen LogP contribution is -2.62. The standard InChI is InChI=1S/C43H52N2O4/c1-31(2)37(42(48,27-33-17-9-5-10-18-33)28-34-19-11-6-12-20-34)44-39(46)41(25-26-41)40(47)45-38(32(3)4)43(49,29-35-21-13-7-14-22-35)30-36-23-15-8-16-24-36/h5-24,31-32,37-38,48-49H,25-30H2,1-4H3,(H,44,46)(H,45,47)/t37-,38-/m1/s1. The Hall–Kier alpha value is -4.26. The van der Waals surface area contributed by atoms with Crippen molar-refractivity contribution in [3.05, 3.63) is 144 Å². The minimum atomic E-state index is -1.31. The van der Waals surface area contributed by atoms with Crippen molar-refractivity contribution in [2.75, 3.05) is 0 Å². The van der Waals surface area contributed by atoms with Crippen LogP contribution in [0.1, 0.15) is 62.8 Å². The molecule has 2 atom stereocenters. The zero-order valence-corrected chi connectivity index (χ0v) is 29.3. The Morgan fingerprint density at radius 3 is 0.980 bits per heavy atom. The Labute approximate surface area is 292 Å². The van der Waals surface area contributed by atoms with Crippen molar-refractivity contribution in [1.29, 1.82) is 0 Å². The molecular formula is C43H52N2O4. The predicted molar refractivity (Wildman–Crippen MR) is 196 cm³/mol. The minimum absolute atomic E-state index is 0.120.